The number of carbonyl (C=O) groups excluding carboxylic acids is 6. The maximum Gasteiger partial charge on any atom is 0.330 e. The fourth-order valence-corrected chi connectivity index (χ4v) is 7.03. The summed E-state index contributed by atoms with van der Waals surface area (Å²) in [6, 6.07) is 5.86. The van der Waals surface area contributed by atoms with Crippen molar-refractivity contribution in [1.82, 2.24) is 40.7 Å². The molecule has 310 valence electrons. The van der Waals surface area contributed by atoms with Crippen molar-refractivity contribution in [2.24, 2.45) is 11.8 Å². The van der Waals surface area contributed by atoms with Crippen LogP contribution in [-0.2, 0) is 25.7 Å². The molecule has 4 N–H and O–H groups in total. The zero-order valence-corrected chi connectivity index (χ0v) is 34.8. The van der Waals surface area contributed by atoms with Crippen molar-refractivity contribution in [3.63, 3.8) is 0 Å². The molecule has 0 spiro atoms. The quantitative estimate of drug-likeness (QED) is 0.188. The van der Waals surface area contributed by atoms with Gasteiger partial charge in [-0.3, -0.25) is 38.8 Å². The minimum absolute atomic E-state index is 0.153. The Morgan fingerprint density at radius 1 is 0.966 bits per heavy atom. The number of aryl methyl sites for hydroxylation is 2. The van der Waals surface area contributed by atoms with E-state index < -0.39 is 41.8 Å². The van der Waals surface area contributed by atoms with Crippen molar-refractivity contribution >= 4 is 58.7 Å². The number of aromatic nitrogens is 3. The molecule has 3 atom stereocenters. The number of rotatable bonds is 14. The monoisotopic (exact) mass is 797 g/mol. The number of nitrogens with one attached hydrogen (secondary N) is 4. The molecule has 0 saturated carbocycles. The maximum absolute atomic E-state index is 14.0. The van der Waals surface area contributed by atoms with Gasteiger partial charge in [-0.25, -0.2) is 9.78 Å². The molecule has 1 fully saturated rings. The van der Waals surface area contributed by atoms with Crippen LogP contribution in [0.15, 0.2) is 42.7 Å². The molecule has 17 heteroatoms. The Morgan fingerprint density at radius 3 is 2.36 bits per heavy atom. The highest BCUT2D eigenvalue weighted by molar-refractivity contribution is 6.07. The predicted molar refractivity (Wildman–Crippen MR) is 219 cm³/mol. The third kappa shape index (κ3) is 10.0. The second kappa shape index (κ2) is 18.4. The lowest BCUT2D eigenvalue weighted by Gasteiger charge is -2.35. The largest absolute Gasteiger partial charge is 0.347 e. The van der Waals surface area contributed by atoms with Crippen LogP contribution in [0.4, 0.5) is 27.9 Å². The zero-order chi connectivity index (χ0) is 42.4. The van der Waals surface area contributed by atoms with Crippen LogP contribution < -0.4 is 31.1 Å². The minimum Gasteiger partial charge on any atom is -0.347 e. The molecule has 58 heavy (non-hydrogen) atoms. The van der Waals surface area contributed by atoms with Gasteiger partial charge in [-0.05, 0) is 74.8 Å². The third-order valence-corrected chi connectivity index (χ3v) is 10.2. The van der Waals surface area contributed by atoms with Gasteiger partial charge in [0.05, 0.1) is 25.0 Å². The van der Waals surface area contributed by atoms with E-state index in [1.54, 1.807) is 56.6 Å². The number of carbonyl (C=O) groups is 6. The van der Waals surface area contributed by atoms with Crippen molar-refractivity contribution in [2.75, 3.05) is 49.3 Å². The Kier molecular flexibility index (Phi) is 13.7. The SMILES string of the molecule is Cc1ccc(Nc2ncc3c(n2)N(C)C(=O)N(c2cc(C(=O)N[C@H](C(=O)N4CCC[C@H]4C(=O)NCC(=O)N[C@@H](CC(C)C)C(=O)N(C)C)C(C)C)ccc2C)C3)cn1. The van der Waals surface area contributed by atoms with Crippen molar-refractivity contribution in [3.05, 3.63) is 65.1 Å². The smallest absolute Gasteiger partial charge is 0.330 e. The lowest BCUT2D eigenvalue weighted by Crippen LogP contribution is -2.56. The highest BCUT2D eigenvalue weighted by atomic mass is 16.2. The van der Waals surface area contributed by atoms with E-state index in [0.29, 0.717) is 54.5 Å². The van der Waals surface area contributed by atoms with Crippen LogP contribution in [0.25, 0.3) is 0 Å². The predicted octanol–water partition coefficient (Wildman–Crippen LogP) is 3.29. The van der Waals surface area contributed by atoms with Crippen LogP contribution in [0, 0.1) is 25.7 Å². The van der Waals surface area contributed by atoms with Crippen molar-refractivity contribution in [3.8, 4) is 0 Å². The molecule has 1 aromatic carbocycles. The van der Waals surface area contributed by atoms with Crippen LogP contribution in [-0.4, -0.2) is 113 Å². The summed E-state index contributed by atoms with van der Waals surface area (Å²) in [5, 5.41) is 11.4. The second-order valence-electron chi connectivity index (χ2n) is 15.9. The van der Waals surface area contributed by atoms with Crippen LogP contribution in [0.3, 0.4) is 0 Å². The molecule has 2 aromatic heterocycles. The van der Waals surface area contributed by atoms with Crippen LogP contribution in [0.5, 0.6) is 0 Å². The summed E-state index contributed by atoms with van der Waals surface area (Å²) < 4.78 is 0. The molecule has 1 saturated heterocycles. The Hall–Kier alpha value is -6.13. The molecule has 0 aliphatic carbocycles. The van der Waals surface area contributed by atoms with Gasteiger partial charge in [0.1, 0.15) is 23.9 Å². The summed E-state index contributed by atoms with van der Waals surface area (Å²) in [6.07, 6.45) is 4.74. The molecule has 4 heterocycles. The average Bonchev–Trinajstić information content (AvgIpc) is 3.68. The van der Waals surface area contributed by atoms with E-state index >= 15 is 0 Å². The molecular weight excluding hydrogens is 743 g/mol. The fourth-order valence-electron chi connectivity index (χ4n) is 7.03. The summed E-state index contributed by atoms with van der Waals surface area (Å²) >= 11 is 0. The number of fused-ring (bicyclic) bond motifs is 1. The van der Waals surface area contributed by atoms with E-state index in [1.165, 1.54) is 14.7 Å². The molecule has 0 bridgehead atoms. The fraction of sp³-hybridized carbons (Fsp3) is 0.488. The van der Waals surface area contributed by atoms with Gasteiger partial charge in [0.25, 0.3) is 5.91 Å². The van der Waals surface area contributed by atoms with E-state index in [4.69, 9.17) is 0 Å². The van der Waals surface area contributed by atoms with Gasteiger partial charge in [0.15, 0.2) is 0 Å². The standard InChI is InChI=1S/C41H55N11O6/c1-23(2)17-30(38(56)49(7)8)46-33(53)21-43-37(55)31-11-10-16-51(31)39(57)34(24(3)4)47-36(54)27-14-12-25(5)32(18-27)52-22-28-19-44-40(48-35(28)50(9)41(52)58)45-29-15-13-26(6)42-20-29/h12-15,18-20,23-24,30-31,34H,10-11,16-17,21-22H2,1-9H3,(H,43,55)(H,46,53)(H,47,54)(H,44,45,48)/t30-,31-,34-/m0/s1. The van der Waals surface area contributed by atoms with Crippen LogP contribution >= 0.6 is 0 Å². The van der Waals surface area contributed by atoms with Gasteiger partial charge in [0.2, 0.25) is 29.6 Å². The summed E-state index contributed by atoms with van der Waals surface area (Å²) in [6.45, 7) is 11.4. The molecule has 3 aromatic rings. The number of hydrogen-bond donors (Lipinski definition) is 4. The van der Waals surface area contributed by atoms with Gasteiger partial charge in [0, 0.05) is 56.4 Å². The van der Waals surface area contributed by atoms with E-state index in [1.807, 2.05) is 53.7 Å². The molecular formula is C41H55N11O6. The Morgan fingerprint density at radius 2 is 1.71 bits per heavy atom. The maximum atomic E-state index is 14.0. The molecule has 7 amide bonds. The van der Waals surface area contributed by atoms with Gasteiger partial charge in [-0.1, -0.05) is 33.8 Å². The van der Waals surface area contributed by atoms with Gasteiger partial charge >= 0.3 is 6.03 Å². The third-order valence-electron chi connectivity index (χ3n) is 10.2. The highest BCUT2D eigenvalue weighted by Gasteiger charge is 2.39. The van der Waals surface area contributed by atoms with E-state index in [-0.39, 0.29) is 42.4 Å². The second-order valence-corrected chi connectivity index (χ2v) is 15.9. The molecule has 17 nitrogen and oxygen atoms in total. The number of urea groups is 1. The molecule has 5 rings (SSSR count). The van der Waals surface area contributed by atoms with Crippen molar-refractivity contribution in [2.45, 2.75) is 85.5 Å². The first-order valence-corrected chi connectivity index (χ1v) is 19.6. The highest BCUT2D eigenvalue weighted by Crippen LogP contribution is 2.33. The van der Waals surface area contributed by atoms with Gasteiger partial charge < -0.3 is 31.1 Å². The summed E-state index contributed by atoms with van der Waals surface area (Å²) in [5.74, 6) is -1.58. The van der Waals surface area contributed by atoms with Gasteiger partial charge in [-0.15, -0.1) is 0 Å². The lowest BCUT2D eigenvalue weighted by atomic mass is 10.0. The minimum atomic E-state index is -0.965. The summed E-state index contributed by atoms with van der Waals surface area (Å²) in [4.78, 5) is 99.6. The zero-order valence-electron chi connectivity index (χ0n) is 34.8. The molecule has 2 aliphatic rings. The Balaban J connectivity index is 1.25. The van der Waals surface area contributed by atoms with Gasteiger partial charge in [-0.2, -0.15) is 4.98 Å². The lowest BCUT2D eigenvalue weighted by molar-refractivity contribution is -0.141. The number of nitrogens with zero attached hydrogens (tertiary/aromatic N) is 7. The number of pyridine rings is 1. The number of anilines is 4. The Labute approximate surface area is 339 Å². The van der Waals surface area contributed by atoms with E-state index in [2.05, 4.69) is 36.2 Å². The van der Waals surface area contributed by atoms with Crippen molar-refractivity contribution in [1.29, 1.82) is 0 Å². The Bertz CT molecular complexity index is 2040. The number of hydrogen-bond acceptors (Lipinski definition) is 10. The number of likely N-dealkylation sites (N-methyl/N-ethyl adjacent to an activating group) is 1. The molecule has 0 unspecified atom stereocenters. The normalized spacial score (nSPS) is 16.2. The molecule has 2 aliphatic heterocycles. The summed E-state index contributed by atoms with van der Waals surface area (Å²) in [7, 11) is 4.86. The first-order valence-electron chi connectivity index (χ1n) is 19.6. The molecule has 0 radical (unpaired) electrons. The average molecular weight is 798 g/mol. The number of benzene rings is 1. The number of amides is 7. The summed E-state index contributed by atoms with van der Waals surface area (Å²) in [5.41, 5.74) is 3.79. The first-order chi connectivity index (χ1) is 27.4. The first kappa shape index (κ1) is 43.0. The van der Waals surface area contributed by atoms with E-state index in [9.17, 15) is 28.8 Å². The topological polar surface area (TPSA) is 202 Å². The number of likely N-dealkylation sites (tertiary alicyclic amines) is 1. The van der Waals surface area contributed by atoms with Crippen molar-refractivity contribution < 1.29 is 28.8 Å². The van der Waals surface area contributed by atoms with E-state index in [0.717, 1.165) is 11.3 Å². The van der Waals surface area contributed by atoms with Crippen LogP contribution in [0.1, 0.15) is 74.1 Å². The van der Waals surface area contributed by atoms with Crippen LogP contribution in [0.2, 0.25) is 0 Å².